The molecule has 0 unspecified atom stereocenters. The summed E-state index contributed by atoms with van der Waals surface area (Å²) in [5.41, 5.74) is 0.0530. The molecule has 0 atom stereocenters. The molecule has 0 amide bonds. The smallest absolute Gasteiger partial charge is 0.382 e. The van der Waals surface area contributed by atoms with Crippen LogP contribution in [0, 0.1) is 0 Å². The zero-order valence-electron chi connectivity index (χ0n) is 10.8. The fourth-order valence-corrected chi connectivity index (χ4v) is 1.59. The summed E-state index contributed by atoms with van der Waals surface area (Å²) in [6.45, 7) is 3.68. The highest BCUT2D eigenvalue weighted by Gasteiger charge is 2.37. The number of alkyl halides is 3. The van der Waals surface area contributed by atoms with Crippen LogP contribution in [0.5, 0.6) is 0 Å². The number of hydrogen-bond acceptors (Lipinski definition) is 5. The monoisotopic (exact) mass is 289 g/mol. The maximum Gasteiger partial charge on any atom is 0.453 e. The van der Waals surface area contributed by atoms with Crippen LogP contribution in [0.2, 0.25) is 0 Å². The quantitative estimate of drug-likeness (QED) is 0.824. The van der Waals surface area contributed by atoms with Gasteiger partial charge in [0.25, 0.3) is 5.82 Å². The number of nitrogens with zero attached hydrogens (tertiary/aromatic N) is 4. The second-order valence-corrected chi connectivity index (χ2v) is 3.99. The standard InChI is InChI=1S/C11H14F3N5O/c1-2-20-7-3-6-15-8-4-5-9-16-17-10(11(12,13)14)19(9)18-8/h4-5H,2-3,6-7H2,1H3,(H,15,18). The minimum absolute atomic E-state index is 0.0530. The van der Waals surface area contributed by atoms with Gasteiger partial charge in [-0.1, -0.05) is 0 Å². The van der Waals surface area contributed by atoms with Crippen molar-refractivity contribution in [1.29, 1.82) is 0 Å². The molecule has 0 fully saturated rings. The average Bonchev–Trinajstić information content (AvgIpc) is 2.81. The first-order valence-electron chi connectivity index (χ1n) is 6.13. The Morgan fingerprint density at radius 3 is 2.80 bits per heavy atom. The normalized spacial score (nSPS) is 12.0. The Hall–Kier alpha value is -1.90. The van der Waals surface area contributed by atoms with E-state index in [9.17, 15) is 13.2 Å². The van der Waals surface area contributed by atoms with Crippen molar-refractivity contribution in [2.45, 2.75) is 19.5 Å². The predicted octanol–water partition coefficient (Wildman–Crippen LogP) is 1.98. The Bertz CT molecular complexity index is 569. The van der Waals surface area contributed by atoms with Crippen LogP contribution in [0.25, 0.3) is 5.65 Å². The fraction of sp³-hybridized carbons (Fsp3) is 0.545. The molecule has 110 valence electrons. The number of anilines is 1. The number of ether oxygens (including phenoxy) is 1. The highest BCUT2D eigenvalue weighted by atomic mass is 19.4. The Morgan fingerprint density at radius 1 is 1.30 bits per heavy atom. The average molecular weight is 289 g/mol. The van der Waals surface area contributed by atoms with Crippen molar-refractivity contribution in [3.8, 4) is 0 Å². The first-order chi connectivity index (χ1) is 9.52. The van der Waals surface area contributed by atoms with Crippen molar-refractivity contribution >= 4 is 11.5 Å². The lowest BCUT2D eigenvalue weighted by molar-refractivity contribution is -0.146. The third kappa shape index (κ3) is 3.35. The molecule has 0 aliphatic heterocycles. The van der Waals surface area contributed by atoms with Gasteiger partial charge in [-0.3, -0.25) is 0 Å². The molecule has 6 nitrogen and oxygen atoms in total. The molecule has 0 radical (unpaired) electrons. The van der Waals surface area contributed by atoms with Crippen molar-refractivity contribution in [2.24, 2.45) is 0 Å². The van der Waals surface area contributed by atoms with E-state index < -0.39 is 12.0 Å². The lowest BCUT2D eigenvalue weighted by Gasteiger charge is -2.07. The van der Waals surface area contributed by atoms with Gasteiger partial charge < -0.3 is 10.1 Å². The Morgan fingerprint density at radius 2 is 2.10 bits per heavy atom. The maximum absolute atomic E-state index is 12.7. The number of fused-ring (bicyclic) bond motifs is 1. The van der Waals surface area contributed by atoms with Gasteiger partial charge in [-0.15, -0.1) is 15.3 Å². The number of aromatic nitrogens is 4. The molecule has 2 rings (SSSR count). The van der Waals surface area contributed by atoms with Crippen molar-refractivity contribution in [2.75, 3.05) is 25.1 Å². The zero-order chi connectivity index (χ0) is 14.6. The summed E-state index contributed by atoms with van der Waals surface area (Å²) < 4.78 is 43.9. The van der Waals surface area contributed by atoms with Crippen LogP contribution in [0.3, 0.4) is 0 Å². The second kappa shape index (κ2) is 6.04. The third-order valence-electron chi connectivity index (χ3n) is 2.49. The van der Waals surface area contributed by atoms with Gasteiger partial charge in [-0.05, 0) is 25.5 Å². The van der Waals surface area contributed by atoms with Crippen molar-refractivity contribution < 1.29 is 17.9 Å². The zero-order valence-corrected chi connectivity index (χ0v) is 10.8. The van der Waals surface area contributed by atoms with Crippen LogP contribution < -0.4 is 5.32 Å². The number of halogens is 3. The van der Waals surface area contributed by atoms with Gasteiger partial charge in [0, 0.05) is 19.8 Å². The first kappa shape index (κ1) is 14.5. The Balaban J connectivity index is 2.08. The fourth-order valence-electron chi connectivity index (χ4n) is 1.59. The molecular formula is C11H14F3N5O. The minimum atomic E-state index is -4.58. The molecule has 0 spiro atoms. The molecule has 0 aromatic carbocycles. The van der Waals surface area contributed by atoms with E-state index in [1.165, 1.54) is 6.07 Å². The molecule has 2 aromatic rings. The summed E-state index contributed by atoms with van der Waals surface area (Å²) in [6.07, 6.45) is -3.85. The lowest BCUT2D eigenvalue weighted by Crippen LogP contribution is -2.14. The van der Waals surface area contributed by atoms with Crippen molar-refractivity contribution in [1.82, 2.24) is 19.8 Å². The van der Waals surface area contributed by atoms with E-state index in [4.69, 9.17) is 4.74 Å². The van der Waals surface area contributed by atoms with E-state index in [0.717, 1.165) is 6.42 Å². The molecule has 20 heavy (non-hydrogen) atoms. The molecule has 0 bridgehead atoms. The SMILES string of the molecule is CCOCCCNc1ccc2nnc(C(F)(F)F)n2n1. The van der Waals surface area contributed by atoms with E-state index in [2.05, 4.69) is 20.6 Å². The topological polar surface area (TPSA) is 64.3 Å². The molecule has 9 heteroatoms. The van der Waals surface area contributed by atoms with Gasteiger partial charge in [0.2, 0.25) is 0 Å². The van der Waals surface area contributed by atoms with Gasteiger partial charge in [0.1, 0.15) is 5.82 Å². The number of hydrogen-bond donors (Lipinski definition) is 1. The van der Waals surface area contributed by atoms with Crippen LogP contribution in [0.15, 0.2) is 12.1 Å². The molecule has 0 aliphatic rings. The summed E-state index contributed by atoms with van der Waals surface area (Å²) in [5, 5.41) is 13.3. The van der Waals surface area contributed by atoms with Gasteiger partial charge in [0.05, 0.1) is 0 Å². The van der Waals surface area contributed by atoms with Crippen LogP contribution in [-0.4, -0.2) is 39.6 Å². The van der Waals surface area contributed by atoms with Gasteiger partial charge in [-0.2, -0.15) is 17.7 Å². The largest absolute Gasteiger partial charge is 0.453 e. The van der Waals surface area contributed by atoms with Crippen LogP contribution in [0.4, 0.5) is 19.0 Å². The molecule has 2 aromatic heterocycles. The van der Waals surface area contributed by atoms with Gasteiger partial charge >= 0.3 is 6.18 Å². The van der Waals surface area contributed by atoms with E-state index in [0.29, 0.717) is 30.1 Å². The third-order valence-corrected chi connectivity index (χ3v) is 2.49. The van der Waals surface area contributed by atoms with Crippen molar-refractivity contribution in [3.63, 3.8) is 0 Å². The summed E-state index contributed by atoms with van der Waals surface area (Å²) in [4.78, 5) is 0. The van der Waals surface area contributed by atoms with Crippen LogP contribution in [-0.2, 0) is 10.9 Å². The first-order valence-corrected chi connectivity index (χ1v) is 6.13. The summed E-state index contributed by atoms with van der Waals surface area (Å²) in [5.74, 6) is -0.801. The Kier molecular flexibility index (Phi) is 4.38. The number of nitrogens with one attached hydrogen (secondary N) is 1. The summed E-state index contributed by atoms with van der Waals surface area (Å²) >= 11 is 0. The predicted molar refractivity (Wildman–Crippen MR) is 65.4 cm³/mol. The van der Waals surface area contributed by atoms with Gasteiger partial charge in [-0.25, -0.2) is 0 Å². The molecule has 0 aliphatic carbocycles. The Labute approximate surface area is 112 Å². The highest BCUT2D eigenvalue weighted by Crippen LogP contribution is 2.27. The molecule has 0 saturated heterocycles. The van der Waals surface area contributed by atoms with E-state index >= 15 is 0 Å². The summed E-state index contributed by atoms with van der Waals surface area (Å²) in [6, 6.07) is 2.99. The molecular weight excluding hydrogens is 275 g/mol. The molecule has 0 saturated carbocycles. The lowest BCUT2D eigenvalue weighted by atomic mass is 10.4. The van der Waals surface area contributed by atoms with Crippen LogP contribution >= 0.6 is 0 Å². The van der Waals surface area contributed by atoms with Crippen LogP contribution in [0.1, 0.15) is 19.2 Å². The highest BCUT2D eigenvalue weighted by molar-refractivity contribution is 5.44. The molecule has 2 heterocycles. The van der Waals surface area contributed by atoms with E-state index in [-0.39, 0.29) is 5.65 Å². The van der Waals surface area contributed by atoms with Gasteiger partial charge in [0.15, 0.2) is 5.65 Å². The maximum atomic E-state index is 12.7. The van der Waals surface area contributed by atoms with Crippen molar-refractivity contribution in [3.05, 3.63) is 18.0 Å². The van der Waals surface area contributed by atoms with E-state index in [1.54, 1.807) is 6.07 Å². The number of rotatable bonds is 6. The minimum Gasteiger partial charge on any atom is -0.382 e. The summed E-state index contributed by atoms with van der Waals surface area (Å²) in [7, 11) is 0. The molecule has 1 N–H and O–H groups in total. The van der Waals surface area contributed by atoms with E-state index in [1.807, 2.05) is 6.92 Å². The second-order valence-electron chi connectivity index (χ2n) is 3.99.